The van der Waals surface area contributed by atoms with Gasteiger partial charge in [-0.1, -0.05) is 17.7 Å². The number of nitrogens with one attached hydrogen (secondary N) is 1. The Labute approximate surface area is 139 Å². The lowest BCUT2D eigenvalue weighted by Crippen LogP contribution is -2.33. The van der Waals surface area contributed by atoms with Crippen LogP contribution in [0.2, 0.25) is 0 Å². The number of aromatic nitrogens is 2. The minimum atomic E-state index is -0.854. The Balaban J connectivity index is 1.68. The molecule has 126 valence electrons. The molecule has 1 aliphatic rings. The van der Waals surface area contributed by atoms with Gasteiger partial charge in [-0.25, -0.2) is 9.48 Å². The van der Waals surface area contributed by atoms with E-state index in [1.807, 2.05) is 26.0 Å². The molecule has 1 aromatic carbocycles. The molecular weight excluding hydrogens is 308 g/mol. The van der Waals surface area contributed by atoms with Crippen molar-refractivity contribution in [2.75, 3.05) is 18.4 Å². The van der Waals surface area contributed by atoms with Crippen molar-refractivity contribution in [3.05, 3.63) is 41.7 Å². The number of hydrogen-bond donors (Lipinski definition) is 2. The van der Waals surface area contributed by atoms with E-state index in [4.69, 9.17) is 5.11 Å². The molecule has 1 aromatic heterocycles. The number of aliphatic carboxylic acids is 1. The summed E-state index contributed by atoms with van der Waals surface area (Å²) in [6.45, 7) is 4.74. The first-order chi connectivity index (χ1) is 11.4. The fourth-order valence-corrected chi connectivity index (χ4v) is 2.93. The second kappa shape index (κ2) is 6.35. The summed E-state index contributed by atoms with van der Waals surface area (Å²) in [5.41, 5.74) is 3.81. The van der Waals surface area contributed by atoms with E-state index in [-0.39, 0.29) is 12.6 Å². The lowest BCUT2D eigenvalue weighted by molar-refractivity contribution is -0.141. The molecule has 7 nitrogen and oxygen atoms in total. The van der Waals surface area contributed by atoms with E-state index in [0.29, 0.717) is 18.7 Å². The van der Waals surface area contributed by atoms with Crippen LogP contribution in [-0.2, 0) is 4.79 Å². The minimum absolute atomic E-state index is 0.242. The monoisotopic (exact) mass is 328 g/mol. The summed E-state index contributed by atoms with van der Waals surface area (Å²) in [7, 11) is 0. The number of anilines is 1. The molecule has 1 saturated heterocycles. The van der Waals surface area contributed by atoms with E-state index in [2.05, 4.69) is 16.5 Å². The molecule has 7 heteroatoms. The quantitative estimate of drug-likeness (QED) is 0.906. The summed E-state index contributed by atoms with van der Waals surface area (Å²) in [6, 6.07) is 5.78. The van der Waals surface area contributed by atoms with Crippen LogP contribution in [-0.4, -0.2) is 44.9 Å². The molecule has 0 bridgehead atoms. The number of rotatable bonds is 3. The van der Waals surface area contributed by atoms with Gasteiger partial charge in [-0.3, -0.25) is 4.79 Å². The number of nitrogens with zero attached hydrogens (tertiary/aromatic N) is 3. The third-order valence-electron chi connectivity index (χ3n) is 4.26. The van der Waals surface area contributed by atoms with Crippen molar-refractivity contribution in [1.29, 1.82) is 0 Å². The zero-order chi connectivity index (χ0) is 17.3. The summed E-state index contributed by atoms with van der Waals surface area (Å²) in [5.74, 6) is -1.33. The van der Waals surface area contributed by atoms with Gasteiger partial charge in [-0.15, -0.1) is 0 Å². The third kappa shape index (κ3) is 3.24. The van der Waals surface area contributed by atoms with Crippen LogP contribution in [0.1, 0.15) is 17.5 Å². The average Bonchev–Trinajstić information content (AvgIpc) is 3.16. The summed E-state index contributed by atoms with van der Waals surface area (Å²) in [4.78, 5) is 24.7. The minimum Gasteiger partial charge on any atom is -0.481 e. The molecule has 2 heterocycles. The standard InChI is InChI=1S/C17H20N4O3/c1-11-3-4-15(12(2)7-11)21-10-14(8-18-21)19-17(24)20-6-5-13(9-20)16(22)23/h3-4,7-8,10,13H,5-6,9H2,1-2H3,(H,19,24)(H,22,23). The number of urea groups is 1. The number of carbonyl (C=O) groups is 2. The molecule has 1 unspecified atom stereocenters. The molecule has 24 heavy (non-hydrogen) atoms. The van der Waals surface area contributed by atoms with E-state index >= 15 is 0 Å². The van der Waals surface area contributed by atoms with Crippen molar-refractivity contribution in [3.63, 3.8) is 0 Å². The topological polar surface area (TPSA) is 87.5 Å². The van der Waals surface area contributed by atoms with Crippen molar-refractivity contribution in [2.24, 2.45) is 5.92 Å². The summed E-state index contributed by atoms with van der Waals surface area (Å²) in [6.07, 6.45) is 3.83. The predicted octanol–water partition coefficient (Wildman–Crippen LogP) is 2.43. The highest BCUT2D eigenvalue weighted by Crippen LogP contribution is 2.20. The van der Waals surface area contributed by atoms with Gasteiger partial charge in [-0.05, 0) is 31.9 Å². The van der Waals surface area contributed by atoms with Gasteiger partial charge in [0, 0.05) is 13.1 Å². The summed E-state index contributed by atoms with van der Waals surface area (Å²) in [5, 5.41) is 16.1. The predicted molar refractivity (Wildman–Crippen MR) is 89.4 cm³/mol. The Morgan fingerprint density at radius 2 is 2.12 bits per heavy atom. The number of benzene rings is 1. The maximum atomic E-state index is 12.2. The van der Waals surface area contributed by atoms with Crippen LogP contribution in [0.25, 0.3) is 5.69 Å². The Morgan fingerprint density at radius 3 is 2.79 bits per heavy atom. The Morgan fingerprint density at radius 1 is 1.33 bits per heavy atom. The van der Waals surface area contributed by atoms with Gasteiger partial charge < -0.3 is 15.3 Å². The molecule has 2 aromatic rings. The first kappa shape index (κ1) is 16.0. The molecule has 0 radical (unpaired) electrons. The van der Waals surface area contributed by atoms with Crippen molar-refractivity contribution in [1.82, 2.24) is 14.7 Å². The molecule has 2 N–H and O–H groups in total. The lowest BCUT2D eigenvalue weighted by atomic mass is 10.1. The second-order valence-corrected chi connectivity index (χ2v) is 6.16. The highest BCUT2D eigenvalue weighted by molar-refractivity contribution is 5.89. The van der Waals surface area contributed by atoms with Gasteiger partial charge in [0.15, 0.2) is 0 Å². The van der Waals surface area contributed by atoms with Crippen LogP contribution in [0.5, 0.6) is 0 Å². The number of likely N-dealkylation sites (tertiary alicyclic amines) is 1. The first-order valence-electron chi connectivity index (χ1n) is 7.85. The first-order valence-corrected chi connectivity index (χ1v) is 7.85. The van der Waals surface area contributed by atoms with Crippen molar-refractivity contribution in [3.8, 4) is 5.69 Å². The Bertz CT molecular complexity index is 784. The van der Waals surface area contributed by atoms with Crippen molar-refractivity contribution < 1.29 is 14.7 Å². The zero-order valence-corrected chi connectivity index (χ0v) is 13.7. The zero-order valence-electron chi connectivity index (χ0n) is 13.7. The number of carboxylic acids is 1. The van der Waals surface area contributed by atoms with Gasteiger partial charge >= 0.3 is 12.0 Å². The van der Waals surface area contributed by atoms with E-state index in [9.17, 15) is 9.59 Å². The number of aryl methyl sites for hydroxylation is 2. The summed E-state index contributed by atoms with van der Waals surface area (Å²) >= 11 is 0. The Hall–Kier alpha value is -2.83. The maximum absolute atomic E-state index is 12.2. The van der Waals surface area contributed by atoms with Crippen LogP contribution in [0.15, 0.2) is 30.6 Å². The summed E-state index contributed by atoms with van der Waals surface area (Å²) < 4.78 is 1.72. The number of amides is 2. The van der Waals surface area contributed by atoms with Crippen molar-refractivity contribution >= 4 is 17.7 Å². The highest BCUT2D eigenvalue weighted by Gasteiger charge is 2.30. The number of carbonyl (C=O) groups excluding carboxylic acids is 1. The van der Waals surface area contributed by atoms with E-state index in [1.54, 1.807) is 17.1 Å². The lowest BCUT2D eigenvalue weighted by Gasteiger charge is -2.15. The fraction of sp³-hybridized carbons (Fsp3) is 0.353. The smallest absolute Gasteiger partial charge is 0.321 e. The molecule has 0 aliphatic carbocycles. The highest BCUT2D eigenvalue weighted by atomic mass is 16.4. The fourth-order valence-electron chi connectivity index (χ4n) is 2.93. The SMILES string of the molecule is Cc1ccc(-n2cc(NC(=O)N3CCC(C(=O)O)C3)cn2)c(C)c1. The molecular formula is C17H20N4O3. The van der Waals surface area contributed by atoms with Gasteiger partial charge in [0.25, 0.3) is 0 Å². The average molecular weight is 328 g/mol. The molecule has 0 saturated carbocycles. The van der Waals surface area contributed by atoms with Gasteiger partial charge in [0.2, 0.25) is 0 Å². The normalized spacial score (nSPS) is 17.1. The molecule has 1 aliphatic heterocycles. The van der Waals surface area contributed by atoms with Crippen LogP contribution >= 0.6 is 0 Å². The molecule has 1 atom stereocenters. The van der Waals surface area contributed by atoms with E-state index < -0.39 is 11.9 Å². The number of carboxylic acid groups (broad SMARTS) is 1. The van der Waals surface area contributed by atoms with E-state index in [0.717, 1.165) is 11.3 Å². The van der Waals surface area contributed by atoms with Crippen LogP contribution in [0.4, 0.5) is 10.5 Å². The molecule has 2 amide bonds. The van der Waals surface area contributed by atoms with Crippen LogP contribution in [0, 0.1) is 19.8 Å². The van der Waals surface area contributed by atoms with Crippen LogP contribution in [0.3, 0.4) is 0 Å². The molecule has 0 spiro atoms. The Kier molecular flexibility index (Phi) is 4.24. The molecule has 1 fully saturated rings. The van der Waals surface area contributed by atoms with Crippen molar-refractivity contribution in [2.45, 2.75) is 20.3 Å². The second-order valence-electron chi connectivity index (χ2n) is 6.16. The number of hydrogen-bond acceptors (Lipinski definition) is 3. The van der Waals surface area contributed by atoms with Gasteiger partial charge in [0.05, 0.1) is 29.7 Å². The molecule has 3 rings (SSSR count). The largest absolute Gasteiger partial charge is 0.481 e. The third-order valence-corrected chi connectivity index (χ3v) is 4.26. The van der Waals surface area contributed by atoms with Gasteiger partial charge in [-0.2, -0.15) is 5.10 Å². The van der Waals surface area contributed by atoms with Gasteiger partial charge in [0.1, 0.15) is 0 Å². The van der Waals surface area contributed by atoms with Crippen LogP contribution < -0.4 is 5.32 Å². The maximum Gasteiger partial charge on any atom is 0.321 e. The van der Waals surface area contributed by atoms with E-state index in [1.165, 1.54) is 10.5 Å².